The van der Waals surface area contributed by atoms with E-state index in [0.29, 0.717) is 5.92 Å². The molecule has 0 bridgehead atoms. The molecule has 0 fully saturated rings. The van der Waals surface area contributed by atoms with Gasteiger partial charge < -0.3 is 5.32 Å². The number of rotatable bonds is 6. The number of benzene rings is 2. The molecule has 0 unspecified atom stereocenters. The molecule has 0 aliphatic carbocycles. The van der Waals surface area contributed by atoms with E-state index in [1.54, 1.807) is 6.07 Å². The van der Waals surface area contributed by atoms with Crippen molar-refractivity contribution in [3.05, 3.63) is 71.0 Å². The molecule has 2 aromatic carbocycles. The first-order valence-corrected chi connectivity index (χ1v) is 7.30. The fraction of sp³-hybridized carbons (Fsp3) is 0.333. The first-order valence-electron chi connectivity index (χ1n) is 7.30. The number of hydrogen-bond donors (Lipinski definition) is 1. The van der Waals surface area contributed by atoms with Crippen LogP contribution in [0.25, 0.3) is 0 Å². The highest BCUT2D eigenvalue weighted by atomic mass is 19.1. The Bertz CT molecular complexity index is 531. The van der Waals surface area contributed by atoms with Crippen LogP contribution < -0.4 is 5.32 Å². The third kappa shape index (κ3) is 4.17. The average Bonchev–Trinajstić information content (AvgIpc) is 2.46. The van der Waals surface area contributed by atoms with E-state index in [4.69, 9.17) is 0 Å². The summed E-state index contributed by atoms with van der Waals surface area (Å²) in [6, 6.07) is 15.8. The van der Waals surface area contributed by atoms with Gasteiger partial charge in [0.25, 0.3) is 0 Å². The van der Waals surface area contributed by atoms with Crippen LogP contribution in [0.3, 0.4) is 0 Å². The van der Waals surface area contributed by atoms with Gasteiger partial charge >= 0.3 is 0 Å². The van der Waals surface area contributed by atoms with Crippen LogP contribution in [0.15, 0.2) is 48.5 Å². The van der Waals surface area contributed by atoms with Gasteiger partial charge in [-0.1, -0.05) is 56.3 Å². The first-order chi connectivity index (χ1) is 9.66. The summed E-state index contributed by atoms with van der Waals surface area (Å²) >= 11 is 0. The lowest BCUT2D eigenvalue weighted by Crippen LogP contribution is -2.83. The molecule has 0 amide bonds. The minimum Gasteiger partial charge on any atom is -0.342 e. The van der Waals surface area contributed by atoms with Crippen LogP contribution in [0.2, 0.25) is 0 Å². The maximum Gasteiger partial charge on any atom is 0.126 e. The lowest BCUT2D eigenvalue weighted by Gasteiger charge is -2.07. The highest BCUT2D eigenvalue weighted by Crippen LogP contribution is 2.14. The summed E-state index contributed by atoms with van der Waals surface area (Å²) in [5.41, 5.74) is 3.50. The van der Waals surface area contributed by atoms with E-state index in [1.807, 2.05) is 12.1 Å². The van der Waals surface area contributed by atoms with Crippen molar-refractivity contribution in [1.29, 1.82) is 0 Å². The largest absolute Gasteiger partial charge is 0.342 e. The van der Waals surface area contributed by atoms with Gasteiger partial charge in [0.15, 0.2) is 0 Å². The smallest absolute Gasteiger partial charge is 0.126 e. The van der Waals surface area contributed by atoms with Crippen molar-refractivity contribution >= 4 is 0 Å². The third-order valence-electron chi connectivity index (χ3n) is 3.60. The van der Waals surface area contributed by atoms with Crippen LogP contribution in [-0.4, -0.2) is 6.54 Å². The Morgan fingerprint density at radius 2 is 1.70 bits per heavy atom. The van der Waals surface area contributed by atoms with Crippen LogP contribution >= 0.6 is 0 Å². The number of nitrogens with two attached hydrogens (primary N) is 1. The first kappa shape index (κ1) is 14.7. The molecular formula is C18H23FN+. The molecule has 0 aliphatic heterocycles. The Hall–Kier alpha value is -1.67. The lowest BCUT2D eigenvalue weighted by molar-refractivity contribution is -0.670. The topological polar surface area (TPSA) is 16.6 Å². The van der Waals surface area contributed by atoms with Crippen LogP contribution in [0.5, 0.6) is 0 Å². The van der Waals surface area contributed by atoms with Crippen molar-refractivity contribution in [1.82, 2.24) is 0 Å². The summed E-state index contributed by atoms with van der Waals surface area (Å²) in [5.74, 6) is 0.483. The standard InChI is InChI=1S/C18H22FN/c1-14(2)16-9-7-15(8-10-16)13-20-12-11-17-5-3-4-6-18(17)19/h3-10,14,20H,11-13H2,1-2H3/p+1. The second kappa shape index (κ2) is 7.20. The fourth-order valence-electron chi connectivity index (χ4n) is 2.27. The zero-order valence-corrected chi connectivity index (χ0v) is 12.3. The molecule has 0 aliphatic rings. The summed E-state index contributed by atoms with van der Waals surface area (Å²) in [7, 11) is 0. The van der Waals surface area contributed by atoms with Gasteiger partial charge in [-0.05, 0) is 23.1 Å². The molecule has 0 saturated heterocycles. The van der Waals surface area contributed by atoms with Crippen LogP contribution in [0.4, 0.5) is 4.39 Å². The molecular weight excluding hydrogens is 249 g/mol. The predicted octanol–water partition coefficient (Wildman–Crippen LogP) is 3.26. The van der Waals surface area contributed by atoms with E-state index in [9.17, 15) is 4.39 Å². The highest BCUT2D eigenvalue weighted by Gasteiger charge is 2.03. The normalized spacial score (nSPS) is 11.0. The van der Waals surface area contributed by atoms with E-state index < -0.39 is 0 Å². The van der Waals surface area contributed by atoms with Gasteiger partial charge in [0.05, 0.1) is 6.54 Å². The average molecular weight is 272 g/mol. The second-order valence-electron chi connectivity index (χ2n) is 5.52. The molecule has 0 spiro atoms. The Balaban J connectivity index is 1.77. The number of halogens is 1. The van der Waals surface area contributed by atoms with Crippen LogP contribution in [-0.2, 0) is 13.0 Å². The molecule has 1 nitrogen and oxygen atoms in total. The zero-order chi connectivity index (χ0) is 14.4. The number of hydrogen-bond acceptors (Lipinski definition) is 0. The molecule has 2 heteroatoms. The zero-order valence-electron chi connectivity index (χ0n) is 12.3. The molecule has 106 valence electrons. The van der Waals surface area contributed by atoms with Crippen molar-refractivity contribution in [2.45, 2.75) is 32.7 Å². The summed E-state index contributed by atoms with van der Waals surface area (Å²) < 4.78 is 13.4. The van der Waals surface area contributed by atoms with Gasteiger partial charge in [-0.25, -0.2) is 4.39 Å². The van der Waals surface area contributed by atoms with Crippen molar-refractivity contribution < 1.29 is 9.71 Å². The molecule has 0 atom stereocenters. The van der Waals surface area contributed by atoms with E-state index >= 15 is 0 Å². The molecule has 20 heavy (non-hydrogen) atoms. The quantitative estimate of drug-likeness (QED) is 0.777. The predicted molar refractivity (Wildman–Crippen MR) is 81.1 cm³/mol. The van der Waals surface area contributed by atoms with Crippen LogP contribution in [0.1, 0.15) is 36.5 Å². The Morgan fingerprint density at radius 3 is 2.35 bits per heavy atom. The van der Waals surface area contributed by atoms with E-state index in [1.165, 1.54) is 17.2 Å². The molecule has 0 heterocycles. The fourth-order valence-corrected chi connectivity index (χ4v) is 2.27. The van der Waals surface area contributed by atoms with Gasteiger partial charge in [-0.2, -0.15) is 0 Å². The minimum absolute atomic E-state index is 0.0952. The van der Waals surface area contributed by atoms with E-state index in [-0.39, 0.29) is 5.82 Å². The van der Waals surface area contributed by atoms with Crippen molar-refractivity contribution in [3.8, 4) is 0 Å². The molecule has 2 rings (SSSR count). The maximum atomic E-state index is 13.4. The van der Waals surface area contributed by atoms with Gasteiger partial charge in [-0.3, -0.25) is 0 Å². The van der Waals surface area contributed by atoms with Gasteiger partial charge in [0.1, 0.15) is 12.4 Å². The molecule has 0 saturated carbocycles. The molecule has 0 radical (unpaired) electrons. The summed E-state index contributed by atoms with van der Waals surface area (Å²) in [6.45, 7) is 6.27. The van der Waals surface area contributed by atoms with E-state index in [2.05, 4.69) is 43.4 Å². The monoisotopic (exact) mass is 272 g/mol. The number of quaternary nitrogens is 1. The Kier molecular flexibility index (Phi) is 5.31. The minimum atomic E-state index is -0.0952. The molecule has 2 aromatic rings. The van der Waals surface area contributed by atoms with Crippen molar-refractivity contribution in [2.75, 3.05) is 6.54 Å². The lowest BCUT2D eigenvalue weighted by atomic mass is 10.0. The summed E-state index contributed by atoms with van der Waals surface area (Å²) in [6.07, 6.45) is 0.775. The van der Waals surface area contributed by atoms with Crippen molar-refractivity contribution in [2.24, 2.45) is 0 Å². The van der Waals surface area contributed by atoms with Crippen molar-refractivity contribution in [3.63, 3.8) is 0 Å². The Labute approximate surface area is 120 Å². The molecule has 0 aromatic heterocycles. The Morgan fingerprint density at radius 1 is 1.00 bits per heavy atom. The SMILES string of the molecule is CC(C)c1ccc(C[NH2+]CCc2ccccc2F)cc1. The second-order valence-corrected chi connectivity index (χ2v) is 5.52. The van der Waals surface area contributed by atoms with Crippen LogP contribution in [0, 0.1) is 5.82 Å². The summed E-state index contributed by atoms with van der Waals surface area (Å²) in [5, 5.41) is 2.23. The van der Waals surface area contributed by atoms with Gasteiger partial charge in [0, 0.05) is 12.0 Å². The summed E-state index contributed by atoms with van der Waals surface area (Å²) in [4.78, 5) is 0. The van der Waals surface area contributed by atoms with Gasteiger partial charge in [-0.15, -0.1) is 0 Å². The maximum absolute atomic E-state index is 13.4. The molecule has 2 N–H and O–H groups in total. The highest BCUT2D eigenvalue weighted by molar-refractivity contribution is 5.24. The van der Waals surface area contributed by atoms with Gasteiger partial charge in [0.2, 0.25) is 0 Å². The van der Waals surface area contributed by atoms with E-state index in [0.717, 1.165) is 25.1 Å². The third-order valence-corrected chi connectivity index (χ3v) is 3.60.